The molecule has 1 nitrogen and oxygen atoms in total. The zero-order chi connectivity index (χ0) is 10.7. The van der Waals surface area contributed by atoms with Crippen molar-refractivity contribution in [1.82, 2.24) is 0 Å². The molecule has 0 heterocycles. The van der Waals surface area contributed by atoms with Crippen molar-refractivity contribution in [1.29, 1.82) is 0 Å². The highest BCUT2D eigenvalue weighted by molar-refractivity contribution is 7.80. The highest BCUT2D eigenvalue weighted by Gasteiger charge is 1.98. The molecule has 0 amide bonds. The maximum atomic E-state index is 9.04. The summed E-state index contributed by atoms with van der Waals surface area (Å²) in [5, 5.41) is 9.04. The van der Waals surface area contributed by atoms with Crippen molar-refractivity contribution in [2.75, 3.05) is 0 Å². The van der Waals surface area contributed by atoms with Crippen LogP contribution in [0.3, 0.4) is 0 Å². The van der Waals surface area contributed by atoms with E-state index in [1.54, 1.807) is 0 Å². The smallest absolute Gasteiger partial charge is 0.0682 e. The zero-order valence-electron chi connectivity index (χ0n) is 8.22. The minimum absolute atomic E-state index is 0.0818. The number of thiol groups is 1. The fraction of sp³-hybridized carbons (Fsp3) is 0.0769. The van der Waals surface area contributed by atoms with Crippen LogP contribution in [-0.4, -0.2) is 5.11 Å². The molecule has 0 aromatic heterocycles. The number of aliphatic hydroxyl groups is 1. The minimum Gasteiger partial charge on any atom is -0.392 e. The van der Waals surface area contributed by atoms with E-state index < -0.39 is 0 Å². The molecule has 2 heteroatoms. The van der Waals surface area contributed by atoms with Gasteiger partial charge >= 0.3 is 0 Å². The van der Waals surface area contributed by atoms with Crippen molar-refractivity contribution in [3.05, 3.63) is 54.1 Å². The van der Waals surface area contributed by atoms with Gasteiger partial charge in [-0.15, -0.1) is 12.6 Å². The van der Waals surface area contributed by atoms with Gasteiger partial charge in [0.05, 0.1) is 6.61 Å². The number of aliphatic hydroxyl groups excluding tert-OH is 1. The first-order valence-electron chi connectivity index (χ1n) is 4.79. The Kier molecular flexibility index (Phi) is 3.09. The largest absolute Gasteiger partial charge is 0.392 e. The second-order valence-corrected chi connectivity index (χ2v) is 3.92. The van der Waals surface area contributed by atoms with E-state index in [1.165, 1.54) is 0 Å². The number of hydrogen-bond donors (Lipinski definition) is 2. The van der Waals surface area contributed by atoms with Crippen molar-refractivity contribution in [3.63, 3.8) is 0 Å². The Morgan fingerprint density at radius 1 is 0.933 bits per heavy atom. The monoisotopic (exact) mass is 216 g/mol. The topological polar surface area (TPSA) is 20.2 Å². The average molecular weight is 216 g/mol. The van der Waals surface area contributed by atoms with Gasteiger partial charge in [0.15, 0.2) is 0 Å². The van der Waals surface area contributed by atoms with Gasteiger partial charge in [-0.05, 0) is 34.9 Å². The lowest BCUT2D eigenvalue weighted by Crippen LogP contribution is -1.84. The van der Waals surface area contributed by atoms with E-state index in [1.807, 2.05) is 48.5 Å². The molecule has 0 aliphatic carbocycles. The van der Waals surface area contributed by atoms with Gasteiger partial charge in [0, 0.05) is 4.90 Å². The molecule has 2 aromatic rings. The molecule has 2 aromatic carbocycles. The van der Waals surface area contributed by atoms with E-state index >= 15 is 0 Å². The average Bonchev–Trinajstić information content (AvgIpc) is 2.30. The van der Waals surface area contributed by atoms with Gasteiger partial charge in [-0.3, -0.25) is 0 Å². The van der Waals surface area contributed by atoms with Crippen LogP contribution in [0.4, 0.5) is 0 Å². The van der Waals surface area contributed by atoms with Crippen LogP contribution in [0.2, 0.25) is 0 Å². The molecule has 2 rings (SSSR count). The Labute approximate surface area is 94.8 Å². The van der Waals surface area contributed by atoms with E-state index in [0.717, 1.165) is 21.6 Å². The number of benzene rings is 2. The van der Waals surface area contributed by atoms with Crippen LogP contribution in [0.15, 0.2) is 53.4 Å². The molecule has 0 fully saturated rings. The molecule has 0 saturated heterocycles. The molecular weight excluding hydrogens is 204 g/mol. The molecule has 1 N–H and O–H groups in total. The third-order valence-electron chi connectivity index (χ3n) is 2.31. The van der Waals surface area contributed by atoms with Gasteiger partial charge in [0.25, 0.3) is 0 Å². The summed E-state index contributed by atoms with van der Waals surface area (Å²) in [6, 6.07) is 15.9. The van der Waals surface area contributed by atoms with Crippen LogP contribution in [0.5, 0.6) is 0 Å². The lowest BCUT2D eigenvalue weighted by Gasteiger charge is -2.03. The maximum Gasteiger partial charge on any atom is 0.0682 e. The standard InChI is InChI=1S/C13H12OS/c14-9-10-2-1-3-12(8-10)11-4-6-13(15)7-5-11/h1-8,14-15H,9H2. The normalized spacial score (nSPS) is 10.3. The Balaban J connectivity index is 2.40. The minimum atomic E-state index is 0.0818. The summed E-state index contributed by atoms with van der Waals surface area (Å²) in [7, 11) is 0. The lowest BCUT2D eigenvalue weighted by molar-refractivity contribution is 0.282. The molecule has 15 heavy (non-hydrogen) atoms. The third kappa shape index (κ3) is 2.41. The molecule has 76 valence electrons. The van der Waals surface area contributed by atoms with Crippen LogP contribution in [0.25, 0.3) is 11.1 Å². The van der Waals surface area contributed by atoms with E-state index in [4.69, 9.17) is 5.11 Å². The Morgan fingerprint density at radius 2 is 1.67 bits per heavy atom. The summed E-state index contributed by atoms with van der Waals surface area (Å²) >= 11 is 4.24. The molecule has 0 saturated carbocycles. The van der Waals surface area contributed by atoms with Crippen molar-refractivity contribution < 1.29 is 5.11 Å². The second kappa shape index (κ2) is 4.51. The van der Waals surface area contributed by atoms with Crippen LogP contribution in [-0.2, 0) is 6.61 Å². The summed E-state index contributed by atoms with van der Waals surface area (Å²) in [6.07, 6.45) is 0. The quantitative estimate of drug-likeness (QED) is 0.739. The van der Waals surface area contributed by atoms with Crippen LogP contribution in [0.1, 0.15) is 5.56 Å². The fourth-order valence-corrected chi connectivity index (χ4v) is 1.65. The molecule has 0 aliphatic heterocycles. The molecule has 0 atom stereocenters. The summed E-state index contributed by atoms with van der Waals surface area (Å²) in [5.74, 6) is 0. The van der Waals surface area contributed by atoms with Crippen LogP contribution < -0.4 is 0 Å². The lowest BCUT2D eigenvalue weighted by atomic mass is 10.0. The van der Waals surface area contributed by atoms with E-state index in [2.05, 4.69) is 12.6 Å². The molecule has 0 unspecified atom stereocenters. The Hall–Kier alpha value is -1.25. The molecular formula is C13H12OS. The predicted molar refractivity (Wildman–Crippen MR) is 65.1 cm³/mol. The Morgan fingerprint density at radius 3 is 2.33 bits per heavy atom. The third-order valence-corrected chi connectivity index (χ3v) is 2.61. The van der Waals surface area contributed by atoms with Crippen LogP contribution in [0, 0.1) is 0 Å². The van der Waals surface area contributed by atoms with Gasteiger partial charge in [0.2, 0.25) is 0 Å². The van der Waals surface area contributed by atoms with Gasteiger partial charge in [-0.2, -0.15) is 0 Å². The summed E-state index contributed by atoms with van der Waals surface area (Å²) < 4.78 is 0. The first-order chi connectivity index (χ1) is 7.29. The molecule has 0 bridgehead atoms. The van der Waals surface area contributed by atoms with Gasteiger partial charge in [-0.1, -0.05) is 30.3 Å². The molecule has 0 aliphatic rings. The van der Waals surface area contributed by atoms with Gasteiger partial charge in [-0.25, -0.2) is 0 Å². The number of rotatable bonds is 2. The van der Waals surface area contributed by atoms with E-state index in [0.29, 0.717) is 0 Å². The van der Waals surface area contributed by atoms with Crippen molar-refractivity contribution in [3.8, 4) is 11.1 Å². The highest BCUT2D eigenvalue weighted by atomic mass is 32.1. The number of hydrogen-bond acceptors (Lipinski definition) is 2. The van der Waals surface area contributed by atoms with Crippen molar-refractivity contribution in [2.45, 2.75) is 11.5 Å². The summed E-state index contributed by atoms with van der Waals surface area (Å²) in [6.45, 7) is 0.0818. The Bertz CT molecular complexity index is 448. The van der Waals surface area contributed by atoms with Crippen LogP contribution >= 0.6 is 12.6 Å². The second-order valence-electron chi connectivity index (χ2n) is 3.41. The summed E-state index contributed by atoms with van der Waals surface area (Å²) in [4.78, 5) is 0.956. The SMILES string of the molecule is OCc1cccc(-c2ccc(S)cc2)c1. The highest BCUT2D eigenvalue weighted by Crippen LogP contribution is 2.21. The first kappa shape index (κ1) is 10.3. The van der Waals surface area contributed by atoms with E-state index in [9.17, 15) is 0 Å². The maximum absolute atomic E-state index is 9.04. The molecule has 0 radical (unpaired) electrons. The van der Waals surface area contributed by atoms with Gasteiger partial charge < -0.3 is 5.11 Å². The summed E-state index contributed by atoms with van der Waals surface area (Å²) in [5.41, 5.74) is 3.19. The van der Waals surface area contributed by atoms with Gasteiger partial charge in [0.1, 0.15) is 0 Å². The zero-order valence-corrected chi connectivity index (χ0v) is 9.11. The van der Waals surface area contributed by atoms with Crippen molar-refractivity contribution in [2.24, 2.45) is 0 Å². The molecule has 0 spiro atoms. The first-order valence-corrected chi connectivity index (χ1v) is 5.23. The van der Waals surface area contributed by atoms with E-state index in [-0.39, 0.29) is 6.61 Å². The predicted octanol–water partition coefficient (Wildman–Crippen LogP) is 3.13. The van der Waals surface area contributed by atoms with Crippen molar-refractivity contribution >= 4 is 12.6 Å². The fourth-order valence-electron chi connectivity index (χ4n) is 1.50.